The number of allylic oxidation sites excluding steroid dienone is 4. The van der Waals surface area contributed by atoms with Crippen LogP contribution in [0.2, 0.25) is 0 Å². The van der Waals surface area contributed by atoms with E-state index in [0.717, 1.165) is 22.3 Å². The van der Waals surface area contributed by atoms with Crippen LogP contribution in [-0.4, -0.2) is 18.8 Å². The van der Waals surface area contributed by atoms with Gasteiger partial charge in [0.15, 0.2) is 0 Å². The summed E-state index contributed by atoms with van der Waals surface area (Å²) >= 11 is 0. The normalized spacial score (nSPS) is 17.0. The van der Waals surface area contributed by atoms with E-state index in [9.17, 15) is 9.50 Å². The molecule has 3 heteroatoms. The van der Waals surface area contributed by atoms with Gasteiger partial charge in [0, 0.05) is 25.0 Å². The van der Waals surface area contributed by atoms with Crippen molar-refractivity contribution in [3.8, 4) is 16.9 Å². The Morgan fingerprint density at radius 3 is 2.20 bits per heavy atom. The second kappa shape index (κ2) is 7.49. The van der Waals surface area contributed by atoms with E-state index in [4.69, 9.17) is 4.74 Å². The van der Waals surface area contributed by atoms with Gasteiger partial charge in [0.25, 0.3) is 0 Å². The first-order valence-corrected chi connectivity index (χ1v) is 8.22. The van der Waals surface area contributed by atoms with Crippen LogP contribution in [0.25, 0.3) is 16.7 Å². The lowest BCUT2D eigenvalue weighted by Gasteiger charge is -2.20. The largest absolute Gasteiger partial charge is 0.508 e. The second-order valence-corrected chi connectivity index (χ2v) is 6.20. The van der Waals surface area contributed by atoms with Gasteiger partial charge in [-0.1, -0.05) is 55.1 Å². The monoisotopic (exact) mass is 336 g/mol. The number of halogens is 1. The molecule has 1 N–H and O–H groups in total. The zero-order valence-electron chi connectivity index (χ0n) is 14.2. The van der Waals surface area contributed by atoms with Gasteiger partial charge in [0.05, 0.1) is 6.61 Å². The fraction of sp³-hybridized carbons (Fsp3) is 0.182. The molecule has 0 aromatic heterocycles. The highest BCUT2D eigenvalue weighted by molar-refractivity contribution is 5.78. The molecule has 2 aromatic rings. The molecule has 0 fully saturated rings. The first-order valence-electron chi connectivity index (χ1n) is 8.22. The first-order chi connectivity index (χ1) is 12.1. The Hall–Kier alpha value is -2.65. The van der Waals surface area contributed by atoms with Gasteiger partial charge in [-0.2, -0.15) is 0 Å². The van der Waals surface area contributed by atoms with Crippen LogP contribution in [0.1, 0.15) is 12.0 Å². The van der Waals surface area contributed by atoms with Crippen LogP contribution in [-0.2, 0) is 4.74 Å². The molecular weight excluding hydrogens is 315 g/mol. The Morgan fingerprint density at radius 1 is 1.08 bits per heavy atom. The lowest BCUT2D eigenvalue weighted by atomic mass is 9.87. The Bertz CT molecular complexity index is 814. The molecule has 0 spiro atoms. The first kappa shape index (κ1) is 17.2. The summed E-state index contributed by atoms with van der Waals surface area (Å²) in [5, 5.41) is 9.37. The third kappa shape index (κ3) is 3.89. The van der Waals surface area contributed by atoms with Crippen molar-refractivity contribution in [1.29, 1.82) is 0 Å². The highest BCUT2D eigenvalue weighted by Crippen LogP contribution is 2.34. The highest BCUT2D eigenvalue weighted by Gasteiger charge is 2.19. The standard InChI is InChI=1S/C22H21FO2/c1-15(14-25-2)19-9-12-21(22(23)13-19)18-5-3-16(4-6-18)17-7-10-20(24)11-8-17/h3-12,19,24H,1,13-14H2,2H3. The number of phenols is 1. The minimum Gasteiger partial charge on any atom is -0.508 e. The number of methoxy groups -OCH3 is 1. The average Bonchev–Trinajstić information content (AvgIpc) is 2.63. The minimum absolute atomic E-state index is 0.0139. The van der Waals surface area contributed by atoms with Gasteiger partial charge in [0.2, 0.25) is 0 Å². The summed E-state index contributed by atoms with van der Waals surface area (Å²) < 4.78 is 19.6. The van der Waals surface area contributed by atoms with Gasteiger partial charge in [-0.3, -0.25) is 0 Å². The number of hydrogen-bond acceptors (Lipinski definition) is 2. The van der Waals surface area contributed by atoms with Crippen molar-refractivity contribution in [3.63, 3.8) is 0 Å². The number of benzene rings is 2. The van der Waals surface area contributed by atoms with Gasteiger partial charge in [-0.15, -0.1) is 0 Å². The summed E-state index contributed by atoms with van der Waals surface area (Å²) in [5.74, 6) is 0.103. The summed E-state index contributed by atoms with van der Waals surface area (Å²) in [4.78, 5) is 0. The minimum atomic E-state index is -0.123. The summed E-state index contributed by atoms with van der Waals surface area (Å²) in [6, 6.07) is 14.8. The van der Waals surface area contributed by atoms with Crippen LogP contribution < -0.4 is 0 Å². The van der Waals surface area contributed by atoms with Crippen LogP contribution in [0.3, 0.4) is 0 Å². The second-order valence-electron chi connectivity index (χ2n) is 6.20. The summed E-state index contributed by atoms with van der Waals surface area (Å²) in [6.07, 6.45) is 4.15. The third-order valence-corrected chi connectivity index (χ3v) is 4.44. The predicted molar refractivity (Wildman–Crippen MR) is 99.8 cm³/mol. The molecule has 0 saturated heterocycles. The van der Waals surface area contributed by atoms with E-state index in [1.54, 1.807) is 19.2 Å². The predicted octanol–water partition coefficient (Wildman–Crippen LogP) is 5.52. The Labute approximate surface area is 147 Å². The molecule has 0 radical (unpaired) electrons. The SMILES string of the molecule is C=C(COC)C1C=CC(c2ccc(-c3ccc(O)cc3)cc2)=C(F)C1. The lowest BCUT2D eigenvalue weighted by molar-refractivity contribution is 0.219. The number of phenolic OH excluding ortho intramolecular Hbond substituents is 1. The van der Waals surface area contributed by atoms with Crippen LogP contribution in [0, 0.1) is 5.92 Å². The summed E-state index contributed by atoms with van der Waals surface area (Å²) in [7, 11) is 1.62. The maximum atomic E-state index is 14.6. The van der Waals surface area contributed by atoms with Crippen molar-refractivity contribution in [2.24, 2.45) is 5.92 Å². The van der Waals surface area contributed by atoms with Crippen LogP contribution in [0.5, 0.6) is 5.75 Å². The molecule has 0 aliphatic heterocycles. The topological polar surface area (TPSA) is 29.5 Å². The summed E-state index contributed by atoms with van der Waals surface area (Å²) in [5.41, 5.74) is 4.39. The van der Waals surface area contributed by atoms with Crippen molar-refractivity contribution < 1.29 is 14.2 Å². The van der Waals surface area contributed by atoms with Crippen molar-refractivity contribution >= 4 is 5.57 Å². The molecule has 25 heavy (non-hydrogen) atoms. The Morgan fingerprint density at radius 2 is 1.64 bits per heavy atom. The zero-order chi connectivity index (χ0) is 17.8. The van der Waals surface area contributed by atoms with E-state index in [1.165, 1.54) is 0 Å². The Kier molecular flexibility index (Phi) is 5.15. The van der Waals surface area contributed by atoms with Crippen molar-refractivity contribution in [2.75, 3.05) is 13.7 Å². The van der Waals surface area contributed by atoms with E-state index >= 15 is 0 Å². The molecule has 0 bridgehead atoms. The van der Waals surface area contributed by atoms with Gasteiger partial charge in [-0.25, -0.2) is 4.39 Å². The number of rotatable bonds is 5. The lowest BCUT2D eigenvalue weighted by Crippen LogP contribution is -2.09. The molecular formula is C22H21FO2. The molecule has 0 heterocycles. The maximum Gasteiger partial charge on any atom is 0.115 e. The quantitative estimate of drug-likeness (QED) is 0.729. The van der Waals surface area contributed by atoms with E-state index in [1.807, 2.05) is 48.6 Å². The highest BCUT2D eigenvalue weighted by atomic mass is 19.1. The van der Waals surface area contributed by atoms with Crippen molar-refractivity contribution in [1.82, 2.24) is 0 Å². The molecule has 1 atom stereocenters. The smallest absolute Gasteiger partial charge is 0.115 e. The molecule has 3 rings (SSSR count). The average molecular weight is 336 g/mol. The molecule has 1 aliphatic carbocycles. The van der Waals surface area contributed by atoms with Crippen LogP contribution in [0.15, 0.2) is 78.7 Å². The fourth-order valence-corrected chi connectivity index (χ4v) is 3.00. The number of hydrogen-bond donors (Lipinski definition) is 1. The van der Waals surface area contributed by atoms with Gasteiger partial charge >= 0.3 is 0 Å². The molecule has 1 unspecified atom stereocenters. The van der Waals surface area contributed by atoms with Crippen LogP contribution >= 0.6 is 0 Å². The fourth-order valence-electron chi connectivity index (χ4n) is 3.00. The van der Waals surface area contributed by atoms with E-state index < -0.39 is 0 Å². The van der Waals surface area contributed by atoms with Gasteiger partial charge in [0.1, 0.15) is 11.6 Å². The Balaban J connectivity index is 1.78. The van der Waals surface area contributed by atoms with E-state index in [2.05, 4.69) is 6.58 Å². The van der Waals surface area contributed by atoms with E-state index in [0.29, 0.717) is 18.6 Å². The summed E-state index contributed by atoms with van der Waals surface area (Å²) in [6.45, 7) is 4.41. The van der Waals surface area contributed by atoms with Crippen molar-refractivity contribution in [3.05, 3.63) is 84.2 Å². The third-order valence-electron chi connectivity index (χ3n) is 4.44. The maximum absolute atomic E-state index is 14.6. The zero-order valence-corrected chi connectivity index (χ0v) is 14.2. The molecule has 2 nitrogen and oxygen atoms in total. The molecule has 0 saturated carbocycles. The van der Waals surface area contributed by atoms with Gasteiger partial charge < -0.3 is 9.84 Å². The van der Waals surface area contributed by atoms with Gasteiger partial charge in [-0.05, 0) is 34.4 Å². The molecule has 2 aromatic carbocycles. The number of ether oxygens (including phenoxy) is 1. The van der Waals surface area contributed by atoms with E-state index in [-0.39, 0.29) is 17.5 Å². The van der Waals surface area contributed by atoms with Crippen LogP contribution in [0.4, 0.5) is 4.39 Å². The molecule has 128 valence electrons. The number of aromatic hydroxyl groups is 1. The molecule has 1 aliphatic rings. The molecule has 0 amide bonds. The van der Waals surface area contributed by atoms with Crippen molar-refractivity contribution in [2.45, 2.75) is 6.42 Å².